The zero-order valence-electron chi connectivity index (χ0n) is 12.7. The Hall–Kier alpha value is -0.380. The minimum absolute atomic E-state index is 0.530. The molecule has 1 unspecified atom stereocenters. The van der Waals surface area contributed by atoms with Crippen molar-refractivity contribution in [2.75, 3.05) is 6.54 Å². The van der Waals surface area contributed by atoms with Gasteiger partial charge in [-0.25, -0.2) is 0 Å². The summed E-state index contributed by atoms with van der Waals surface area (Å²) >= 11 is 3.53. The second kappa shape index (κ2) is 6.59. The average Bonchev–Trinajstić information content (AvgIpc) is 2.24. The molecule has 1 aromatic carbocycles. The number of benzene rings is 1. The van der Waals surface area contributed by atoms with E-state index in [1.807, 2.05) is 6.92 Å². The van der Waals surface area contributed by atoms with E-state index in [1.54, 1.807) is 0 Å². The fourth-order valence-electron chi connectivity index (χ4n) is 3.13. The first-order valence-corrected chi connectivity index (χ1v) is 8.36. The van der Waals surface area contributed by atoms with Crippen LogP contribution in [0.2, 0.25) is 0 Å². The van der Waals surface area contributed by atoms with Crippen LogP contribution in [0.25, 0.3) is 0 Å². The smallest absolute Gasteiger partial charge is 0.0746 e. The Bertz CT molecular complexity index is 438. The van der Waals surface area contributed by atoms with Crippen LogP contribution in [0.15, 0.2) is 28.7 Å². The predicted molar refractivity (Wildman–Crippen MR) is 88.0 cm³/mol. The molecule has 0 saturated heterocycles. The van der Waals surface area contributed by atoms with Crippen molar-refractivity contribution in [3.63, 3.8) is 0 Å². The molecule has 0 amide bonds. The van der Waals surface area contributed by atoms with Gasteiger partial charge in [0.15, 0.2) is 0 Å². The maximum absolute atomic E-state index is 10.3. The van der Waals surface area contributed by atoms with Crippen LogP contribution < -0.4 is 5.32 Å². The number of rotatable bonds is 6. The normalized spacial score (nSPS) is 25.3. The Morgan fingerprint density at radius 3 is 2.70 bits per heavy atom. The third-order valence-electron chi connectivity index (χ3n) is 4.08. The fraction of sp³-hybridized carbons (Fsp3) is 0.647. The van der Waals surface area contributed by atoms with Gasteiger partial charge in [-0.3, -0.25) is 0 Å². The summed E-state index contributed by atoms with van der Waals surface area (Å²) in [5.74, 6) is 1.20. The van der Waals surface area contributed by atoms with E-state index in [2.05, 4.69) is 59.4 Å². The Morgan fingerprint density at radius 2 is 2.10 bits per heavy atom. The summed E-state index contributed by atoms with van der Waals surface area (Å²) in [5.41, 5.74) is 0.834. The van der Waals surface area contributed by atoms with E-state index >= 15 is 0 Å². The first-order chi connectivity index (χ1) is 9.35. The van der Waals surface area contributed by atoms with Gasteiger partial charge < -0.3 is 10.4 Å². The number of nitrogens with one attached hydrogen (secondary N) is 1. The second-order valence-corrected chi connectivity index (χ2v) is 7.81. The van der Waals surface area contributed by atoms with Crippen LogP contribution in [0.1, 0.15) is 51.5 Å². The molecule has 3 heteroatoms. The highest BCUT2D eigenvalue weighted by Crippen LogP contribution is 2.37. The van der Waals surface area contributed by atoms with Gasteiger partial charge in [0.2, 0.25) is 0 Å². The Kier molecular flexibility index (Phi) is 5.27. The summed E-state index contributed by atoms with van der Waals surface area (Å²) in [6.45, 7) is 6.94. The van der Waals surface area contributed by atoms with Crippen LogP contribution in [0, 0.1) is 5.92 Å². The molecule has 2 nitrogen and oxygen atoms in total. The van der Waals surface area contributed by atoms with Crippen LogP contribution in [-0.2, 0) is 0 Å². The molecular formula is C17H26BrNO. The monoisotopic (exact) mass is 339 g/mol. The number of halogens is 1. The van der Waals surface area contributed by atoms with Crippen molar-refractivity contribution in [2.24, 2.45) is 5.92 Å². The van der Waals surface area contributed by atoms with Crippen LogP contribution in [-0.4, -0.2) is 23.3 Å². The van der Waals surface area contributed by atoms with Crippen LogP contribution in [0.5, 0.6) is 0 Å². The molecule has 0 aliphatic heterocycles. The first-order valence-electron chi connectivity index (χ1n) is 7.57. The largest absolute Gasteiger partial charge is 0.389 e. The van der Waals surface area contributed by atoms with Gasteiger partial charge in [0.05, 0.1) is 5.60 Å². The standard InChI is InChI=1S/C17H26BrNO/c1-12(2)10-17(3,20)11-19-16-8-14(9-16)13-5-4-6-15(18)7-13/h4-7,12,14,16,19-20H,8-11H2,1-3H3. The minimum Gasteiger partial charge on any atom is -0.389 e. The van der Waals surface area contributed by atoms with E-state index < -0.39 is 5.60 Å². The topological polar surface area (TPSA) is 32.3 Å². The lowest BCUT2D eigenvalue weighted by Gasteiger charge is -2.38. The highest BCUT2D eigenvalue weighted by Gasteiger charge is 2.32. The van der Waals surface area contributed by atoms with Crippen molar-refractivity contribution >= 4 is 15.9 Å². The molecule has 1 atom stereocenters. The van der Waals surface area contributed by atoms with E-state index in [4.69, 9.17) is 0 Å². The quantitative estimate of drug-likeness (QED) is 0.818. The Morgan fingerprint density at radius 1 is 1.40 bits per heavy atom. The van der Waals surface area contributed by atoms with Gasteiger partial charge in [-0.15, -0.1) is 0 Å². The van der Waals surface area contributed by atoms with Gasteiger partial charge >= 0.3 is 0 Å². The molecule has 2 N–H and O–H groups in total. The van der Waals surface area contributed by atoms with Gasteiger partial charge in [-0.05, 0) is 55.7 Å². The molecule has 0 radical (unpaired) electrons. The highest BCUT2D eigenvalue weighted by molar-refractivity contribution is 9.10. The molecule has 0 aromatic heterocycles. The summed E-state index contributed by atoms with van der Waals surface area (Å²) < 4.78 is 1.16. The molecule has 1 aliphatic rings. The van der Waals surface area contributed by atoms with Gasteiger partial charge in [0.1, 0.15) is 0 Å². The zero-order chi connectivity index (χ0) is 14.8. The number of hydrogen-bond donors (Lipinski definition) is 2. The van der Waals surface area contributed by atoms with Crippen molar-refractivity contribution in [3.05, 3.63) is 34.3 Å². The summed E-state index contributed by atoms with van der Waals surface area (Å²) in [6.07, 6.45) is 3.20. The minimum atomic E-state index is -0.588. The van der Waals surface area contributed by atoms with E-state index in [0.717, 1.165) is 10.9 Å². The molecule has 2 rings (SSSR count). The predicted octanol–water partition coefficient (Wildman–Crippen LogP) is 4.08. The highest BCUT2D eigenvalue weighted by atomic mass is 79.9. The molecule has 112 valence electrons. The van der Waals surface area contributed by atoms with Gasteiger partial charge in [-0.1, -0.05) is 41.9 Å². The maximum Gasteiger partial charge on any atom is 0.0746 e. The fourth-order valence-corrected chi connectivity index (χ4v) is 3.55. The first kappa shape index (κ1) is 16.0. The molecule has 0 heterocycles. The Balaban J connectivity index is 1.74. The molecule has 1 aliphatic carbocycles. The Labute approximate surface area is 131 Å². The van der Waals surface area contributed by atoms with Gasteiger partial charge in [0, 0.05) is 17.1 Å². The molecule has 1 saturated carbocycles. The van der Waals surface area contributed by atoms with Crippen molar-refractivity contribution in [1.82, 2.24) is 5.32 Å². The van der Waals surface area contributed by atoms with Crippen LogP contribution >= 0.6 is 15.9 Å². The van der Waals surface area contributed by atoms with Crippen molar-refractivity contribution < 1.29 is 5.11 Å². The molecular weight excluding hydrogens is 314 g/mol. The summed E-state index contributed by atoms with van der Waals surface area (Å²) in [7, 11) is 0. The lowest BCUT2D eigenvalue weighted by atomic mass is 9.75. The number of aliphatic hydroxyl groups is 1. The molecule has 0 spiro atoms. The van der Waals surface area contributed by atoms with Crippen molar-refractivity contribution in [1.29, 1.82) is 0 Å². The lowest BCUT2D eigenvalue weighted by molar-refractivity contribution is 0.0320. The van der Waals surface area contributed by atoms with Crippen LogP contribution in [0.3, 0.4) is 0 Å². The maximum atomic E-state index is 10.3. The number of hydrogen-bond acceptors (Lipinski definition) is 2. The van der Waals surface area contributed by atoms with Gasteiger partial charge in [0.25, 0.3) is 0 Å². The van der Waals surface area contributed by atoms with E-state index in [1.165, 1.54) is 18.4 Å². The van der Waals surface area contributed by atoms with E-state index in [0.29, 0.717) is 24.4 Å². The summed E-state index contributed by atoms with van der Waals surface area (Å²) in [6, 6.07) is 9.16. The van der Waals surface area contributed by atoms with Gasteiger partial charge in [-0.2, -0.15) is 0 Å². The lowest BCUT2D eigenvalue weighted by Crippen LogP contribution is -2.47. The molecule has 1 fully saturated rings. The van der Waals surface area contributed by atoms with Crippen molar-refractivity contribution in [3.8, 4) is 0 Å². The average molecular weight is 340 g/mol. The zero-order valence-corrected chi connectivity index (χ0v) is 14.3. The summed E-state index contributed by atoms with van der Waals surface area (Å²) in [5, 5.41) is 13.8. The van der Waals surface area contributed by atoms with E-state index in [9.17, 15) is 5.11 Å². The van der Waals surface area contributed by atoms with Crippen LogP contribution in [0.4, 0.5) is 0 Å². The molecule has 0 bridgehead atoms. The SMILES string of the molecule is CC(C)CC(C)(O)CNC1CC(c2cccc(Br)c2)C1. The molecule has 20 heavy (non-hydrogen) atoms. The van der Waals surface area contributed by atoms with Crippen molar-refractivity contribution in [2.45, 2.75) is 57.6 Å². The second-order valence-electron chi connectivity index (χ2n) is 6.90. The third-order valence-corrected chi connectivity index (χ3v) is 4.57. The summed E-state index contributed by atoms with van der Waals surface area (Å²) in [4.78, 5) is 0. The third kappa shape index (κ3) is 4.57. The molecule has 1 aromatic rings. The van der Waals surface area contributed by atoms with E-state index in [-0.39, 0.29) is 0 Å².